The monoisotopic (exact) mass is 336 g/mol. The van der Waals surface area contributed by atoms with Gasteiger partial charge in [0.25, 0.3) is 0 Å². The number of aryl methyl sites for hydroxylation is 1. The van der Waals surface area contributed by atoms with Crippen LogP contribution in [0.25, 0.3) is 23.1 Å². The van der Waals surface area contributed by atoms with Gasteiger partial charge in [-0.1, -0.05) is 12.1 Å². The summed E-state index contributed by atoms with van der Waals surface area (Å²) in [6.07, 6.45) is 4.08. The van der Waals surface area contributed by atoms with Crippen molar-refractivity contribution in [2.45, 2.75) is 0 Å². The first-order chi connectivity index (χ1) is 12.2. The van der Waals surface area contributed by atoms with Gasteiger partial charge >= 0.3 is 0 Å². The van der Waals surface area contributed by atoms with Crippen molar-refractivity contribution in [3.63, 3.8) is 0 Å². The Balaban J connectivity index is 2.03. The molecular formula is C21H22NO3+. The van der Waals surface area contributed by atoms with Crippen LogP contribution in [0.3, 0.4) is 0 Å². The number of rotatable bonds is 5. The van der Waals surface area contributed by atoms with Crippen LogP contribution in [-0.2, 0) is 7.05 Å². The van der Waals surface area contributed by atoms with Crippen molar-refractivity contribution in [1.29, 1.82) is 0 Å². The van der Waals surface area contributed by atoms with Gasteiger partial charge in [-0.25, -0.2) is 0 Å². The van der Waals surface area contributed by atoms with E-state index in [9.17, 15) is 0 Å². The number of pyridine rings is 1. The molecule has 0 amide bonds. The Morgan fingerprint density at radius 3 is 2.16 bits per heavy atom. The fraction of sp³-hybridized carbons (Fsp3) is 0.190. The lowest BCUT2D eigenvalue weighted by molar-refractivity contribution is -0.646. The SMILES string of the molecule is COc1cc(OC)c(OC)cc1C=Cc1ccc2ccccc2[n+]1C. The van der Waals surface area contributed by atoms with Crippen LogP contribution in [0.2, 0.25) is 0 Å². The number of benzene rings is 2. The van der Waals surface area contributed by atoms with E-state index >= 15 is 0 Å². The van der Waals surface area contributed by atoms with Gasteiger partial charge in [0.1, 0.15) is 12.8 Å². The summed E-state index contributed by atoms with van der Waals surface area (Å²) >= 11 is 0. The molecule has 1 aromatic heterocycles. The largest absolute Gasteiger partial charge is 0.496 e. The second kappa shape index (κ2) is 7.26. The first-order valence-electron chi connectivity index (χ1n) is 8.03. The third-order valence-corrected chi connectivity index (χ3v) is 4.29. The molecule has 0 N–H and O–H groups in total. The molecule has 0 saturated heterocycles. The molecule has 4 nitrogen and oxygen atoms in total. The molecule has 1 heterocycles. The van der Waals surface area contributed by atoms with E-state index < -0.39 is 0 Å². The van der Waals surface area contributed by atoms with Crippen molar-refractivity contribution < 1.29 is 18.8 Å². The van der Waals surface area contributed by atoms with Gasteiger partial charge in [-0.3, -0.25) is 0 Å². The Hall–Kier alpha value is -3.01. The lowest BCUT2D eigenvalue weighted by Crippen LogP contribution is -2.32. The number of hydrogen-bond acceptors (Lipinski definition) is 3. The van der Waals surface area contributed by atoms with Crippen LogP contribution in [0.5, 0.6) is 17.2 Å². The lowest BCUT2D eigenvalue weighted by atomic mass is 10.1. The quantitative estimate of drug-likeness (QED) is 0.663. The number of methoxy groups -OCH3 is 3. The maximum absolute atomic E-state index is 5.48. The summed E-state index contributed by atoms with van der Waals surface area (Å²) in [7, 11) is 6.95. The molecule has 0 spiro atoms. The van der Waals surface area contributed by atoms with E-state index in [4.69, 9.17) is 14.2 Å². The van der Waals surface area contributed by atoms with E-state index in [1.165, 1.54) is 10.9 Å². The first kappa shape index (κ1) is 16.8. The van der Waals surface area contributed by atoms with Crippen molar-refractivity contribution >= 4 is 23.1 Å². The highest BCUT2D eigenvalue weighted by Gasteiger charge is 2.12. The fourth-order valence-electron chi connectivity index (χ4n) is 2.89. The molecule has 0 radical (unpaired) electrons. The van der Waals surface area contributed by atoms with Crippen molar-refractivity contribution in [2.24, 2.45) is 7.05 Å². The molecule has 4 heteroatoms. The number of aromatic nitrogens is 1. The normalized spacial score (nSPS) is 11.0. The summed E-state index contributed by atoms with van der Waals surface area (Å²) in [6, 6.07) is 16.3. The van der Waals surface area contributed by atoms with Crippen LogP contribution in [0, 0.1) is 0 Å². The molecule has 0 unspecified atom stereocenters. The molecule has 0 aliphatic carbocycles. The van der Waals surface area contributed by atoms with Crippen LogP contribution in [-0.4, -0.2) is 21.3 Å². The van der Waals surface area contributed by atoms with Gasteiger partial charge in [-0.15, -0.1) is 0 Å². The van der Waals surface area contributed by atoms with E-state index in [2.05, 4.69) is 42.0 Å². The predicted octanol–water partition coefficient (Wildman–Crippen LogP) is 3.86. The van der Waals surface area contributed by atoms with E-state index in [-0.39, 0.29) is 0 Å². The lowest BCUT2D eigenvalue weighted by Gasteiger charge is -2.12. The highest BCUT2D eigenvalue weighted by atomic mass is 16.5. The van der Waals surface area contributed by atoms with Crippen LogP contribution in [0.1, 0.15) is 11.3 Å². The summed E-state index contributed by atoms with van der Waals surface area (Å²) in [6.45, 7) is 0. The van der Waals surface area contributed by atoms with Gasteiger partial charge < -0.3 is 14.2 Å². The molecule has 0 fully saturated rings. The minimum absolute atomic E-state index is 0.646. The van der Waals surface area contributed by atoms with Crippen LogP contribution in [0.4, 0.5) is 0 Å². The van der Waals surface area contributed by atoms with E-state index in [0.717, 1.165) is 17.0 Å². The summed E-state index contributed by atoms with van der Waals surface area (Å²) in [5.41, 5.74) is 3.20. The van der Waals surface area contributed by atoms with Gasteiger partial charge in [0.15, 0.2) is 11.5 Å². The molecule has 128 valence electrons. The Morgan fingerprint density at radius 2 is 1.44 bits per heavy atom. The Kier molecular flexibility index (Phi) is 4.89. The predicted molar refractivity (Wildman–Crippen MR) is 100 cm³/mol. The Morgan fingerprint density at radius 1 is 0.760 bits per heavy atom. The number of fused-ring (bicyclic) bond motifs is 1. The summed E-state index contributed by atoms with van der Waals surface area (Å²) in [4.78, 5) is 0. The summed E-state index contributed by atoms with van der Waals surface area (Å²) in [5, 5.41) is 1.21. The molecule has 0 bridgehead atoms. The molecule has 0 aliphatic rings. The van der Waals surface area contributed by atoms with Gasteiger partial charge in [0, 0.05) is 35.2 Å². The van der Waals surface area contributed by atoms with E-state index in [1.807, 2.05) is 30.3 Å². The fourth-order valence-corrected chi connectivity index (χ4v) is 2.89. The van der Waals surface area contributed by atoms with Crippen LogP contribution in [0.15, 0.2) is 48.5 Å². The molecule has 0 saturated carbocycles. The van der Waals surface area contributed by atoms with Crippen LogP contribution < -0.4 is 18.8 Å². The zero-order chi connectivity index (χ0) is 17.8. The average Bonchev–Trinajstić information content (AvgIpc) is 2.67. The van der Waals surface area contributed by atoms with Gasteiger partial charge in [0.05, 0.1) is 21.3 Å². The van der Waals surface area contributed by atoms with E-state index in [1.54, 1.807) is 21.3 Å². The number of ether oxygens (including phenoxy) is 3. The average molecular weight is 336 g/mol. The summed E-state index contributed by atoms with van der Waals surface area (Å²) < 4.78 is 18.4. The maximum atomic E-state index is 5.48. The molecule has 25 heavy (non-hydrogen) atoms. The standard InChI is InChI=1S/C21H22NO3/c1-22-17(11-9-15-7-5-6-8-18(15)22)12-10-16-13-20(24-3)21(25-4)14-19(16)23-2/h5-14H,1-4H3/q+1. The summed E-state index contributed by atoms with van der Waals surface area (Å²) in [5.74, 6) is 2.05. The zero-order valence-corrected chi connectivity index (χ0v) is 14.9. The van der Waals surface area contributed by atoms with Gasteiger partial charge in [-0.2, -0.15) is 4.57 Å². The highest BCUT2D eigenvalue weighted by molar-refractivity contribution is 5.78. The van der Waals surface area contributed by atoms with Crippen molar-refractivity contribution in [2.75, 3.05) is 21.3 Å². The second-order valence-electron chi connectivity index (χ2n) is 5.66. The molecule has 2 aromatic carbocycles. The maximum Gasteiger partial charge on any atom is 0.212 e. The minimum atomic E-state index is 0.646. The number of para-hydroxylation sites is 1. The van der Waals surface area contributed by atoms with Gasteiger partial charge in [0.2, 0.25) is 11.2 Å². The Labute approximate surface area is 147 Å². The Bertz CT molecular complexity index is 932. The highest BCUT2D eigenvalue weighted by Crippen LogP contribution is 2.35. The molecule has 3 rings (SSSR count). The van der Waals surface area contributed by atoms with Crippen LogP contribution >= 0.6 is 0 Å². The first-order valence-corrected chi connectivity index (χ1v) is 8.03. The molecule has 0 atom stereocenters. The number of hydrogen-bond donors (Lipinski definition) is 0. The number of nitrogens with zero attached hydrogens (tertiary/aromatic N) is 1. The third kappa shape index (κ3) is 3.29. The molecule has 0 aliphatic heterocycles. The topological polar surface area (TPSA) is 31.6 Å². The van der Waals surface area contributed by atoms with Crippen molar-refractivity contribution in [1.82, 2.24) is 0 Å². The second-order valence-corrected chi connectivity index (χ2v) is 5.66. The minimum Gasteiger partial charge on any atom is -0.496 e. The van der Waals surface area contributed by atoms with E-state index in [0.29, 0.717) is 11.5 Å². The third-order valence-electron chi connectivity index (χ3n) is 4.29. The molecule has 3 aromatic rings. The van der Waals surface area contributed by atoms with Crippen molar-refractivity contribution in [3.8, 4) is 17.2 Å². The zero-order valence-electron chi connectivity index (χ0n) is 14.9. The van der Waals surface area contributed by atoms with Crippen molar-refractivity contribution in [3.05, 3.63) is 59.8 Å². The molecular weight excluding hydrogens is 314 g/mol. The smallest absolute Gasteiger partial charge is 0.212 e. The van der Waals surface area contributed by atoms with Gasteiger partial charge in [-0.05, 0) is 24.3 Å².